The maximum Gasteiger partial charge on any atom is 0.326 e. The van der Waals surface area contributed by atoms with Crippen LogP contribution in [0.5, 0.6) is 0 Å². The summed E-state index contributed by atoms with van der Waals surface area (Å²) in [6.45, 7) is 6.02. The van der Waals surface area contributed by atoms with E-state index in [0.717, 1.165) is 0 Å². The highest BCUT2D eigenvalue weighted by Crippen LogP contribution is 2.21. The van der Waals surface area contributed by atoms with Crippen LogP contribution in [0.1, 0.15) is 44.0 Å². The molecule has 0 aliphatic rings. The predicted molar refractivity (Wildman–Crippen MR) is 82.3 cm³/mol. The van der Waals surface area contributed by atoms with E-state index in [2.05, 4.69) is 26.2 Å². The summed E-state index contributed by atoms with van der Waals surface area (Å²) in [5.41, 5.74) is -0.169. The molecule has 0 aliphatic heterocycles. The number of pyridine rings is 1. The van der Waals surface area contributed by atoms with Gasteiger partial charge in [0.1, 0.15) is 6.04 Å². The van der Waals surface area contributed by atoms with Crippen molar-refractivity contribution < 1.29 is 14.7 Å². The average molecular weight is 359 g/mol. The largest absolute Gasteiger partial charge is 0.480 e. The van der Waals surface area contributed by atoms with Gasteiger partial charge in [0.25, 0.3) is 11.5 Å². The van der Waals surface area contributed by atoms with Gasteiger partial charge in [-0.25, -0.2) is 4.79 Å². The van der Waals surface area contributed by atoms with Crippen LogP contribution in [0.4, 0.5) is 0 Å². The molecular formula is C14H19BrN2O4. The Hall–Kier alpha value is -1.63. The SMILES string of the molecule is CC(C)(C)CCC(NC(=O)c1c[nH]c(=O)c(Br)c1)C(=O)O. The second-order valence-corrected chi connectivity index (χ2v) is 6.88. The minimum absolute atomic E-state index is 0.0144. The topological polar surface area (TPSA) is 99.3 Å². The number of carbonyl (C=O) groups is 2. The molecule has 1 aromatic rings. The van der Waals surface area contributed by atoms with E-state index < -0.39 is 17.9 Å². The lowest BCUT2D eigenvalue weighted by molar-refractivity contribution is -0.139. The molecule has 1 aromatic heterocycles. The normalized spacial score (nSPS) is 12.8. The van der Waals surface area contributed by atoms with Crippen LogP contribution in [-0.4, -0.2) is 28.0 Å². The lowest BCUT2D eigenvalue weighted by Gasteiger charge is -2.21. The maximum atomic E-state index is 12.0. The number of carbonyl (C=O) groups excluding carboxylic acids is 1. The summed E-state index contributed by atoms with van der Waals surface area (Å²) in [5.74, 6) is -1.61. The summed E-state index contributed by atoms with van der Waals surface area (Å²) in [6, 6.07) is 0.402. The first kappa shape index (κ1) is 17.4. The van der Waals surface area contributed by atoms with Crippen LogP contribution in [-0.2, 0) is 4.79 Å². The zero-order valence-corrected chi connectivity index (χ0v) is 13.8. The second-order valence-electron chi connectivity index (χ2n) is 6.03. The standard InChI is InChI=1S/C14H19BrN2O4/c1-14(2,3)5-4-10(13(20)21)17-11(18)8-6-9(15)12(19)16-7-8/h6-7,10H,4-5H2,1-3H3,(H,16,19)(H,17,18)(H,20,21). The van der Waals surface area contributed by atoms with Gasteiger partial charge in [-0.3, -0.25) is 9.59 Å². The van der Waals surface area contributed by atoms with Crippen LogP contribution in [0.2, 0.25) is 0 Å². The van der Waals surface area contributed by atoms with Crippen molar-refractivity contribution in [3.05, 3.63) is 32.7 Å². The zero-order valence-electron chi connectivity index (χ0n) is 12.2. The number of carboxylic acids is 1. The molecule has 116 valence electrons. The summed E-state index contributed by atoms with van der Waals surface area (Å²) in [6.07, 6.45) is 2.26. The van der Waals surface area contributed by atoms with E-state index in [1.54, 1.807) is 0 Å². The number of amides is 1. The fourth-order valence-electron chi connectivity index (χ4n) is 1.66. The number of hydrogen-bond acceptors (Lipinski definition) is 3. The minimum Gasteiger partial charge on any atom is -0.480 e. The third-order valence-corrected chi connectivity index (χ3v) is 3.50. The van der Waals surface area contributed by atoms with Crippen LogP contribution >= 0.6 is 15.9 Å². The van der Waals surface area contributed by atoms with Gasteiger partial charge in [0, 0.05) is 6.20 Å². The van der Waals surface area contributed by atoms with Crippen LogP contribution in [0.15, 0.2) is 21.5 Å². The summed E-state index contributed by atoms with van der Waals surface area (Å²) >= 11 is 3.03. The molecule has 1 atom stereocenters. The first-order valence-electron chi connectivity index (χ1n) is 6.52. The molecule has 21 heavy (non-hydrogen) atoms. The predicted octanol–water partition coefficient (Wildman–Crippen LogP) is 2.15. The van der Waals surface area contributed by atoms with Gasteiger partial charge in [-0.1, -0.05) is 20.8 Å². The van der Waals surface area contributed by atoms with E-state index in [-0.39, 0.29) is 21.0 Å². The fourth-order valence-corrected chi connectivity index (χ4v) is 2.02. The first-order valence-corrected chi connectivity index (χ1v) is 7.31. The molecule has 0 aromatic carbocycles. The van der Waals surface area contributed by atoms with E-state index in [9.17, 15) is 19.5 Å². The fraction of sp³-hybridized carbons (Fsp3) is 0.500. The molecule has 0 radical (unpaired) electrons. The molecule has 7 heteroatoms. The van der Waals surface area contributed by atoms with Crippen LogP contribution in [0, 0.1) is 5.41 Å². The number of rotatable bonds is 5. The summed E-state index contributed by atoms with van der Waals surface area (Å²) < 4.78 is 0.219. The second kappa shape index (κ2) is 6.89. The van der Waals surface area contributed by atoms with Crippen LogP contribution in [0.25, 0.3) is 0 Å². The quantitative estimate of drug-likeness (QED) is 0.750. The molecule has 0 aliphatic carbocycles. The van der Waals surface area contributed by atoms with Crippen LogP contribution < -0.4 is 10.9 Å². The smallest absolute Gasteiger partial charge is 0.326 e. The lowest BCUT2D eigenvalue weighted by Crippen LogP contribution is -2.41. The number of halogens is 1. The van der Waals surface area contributed by atoms with Gasteiger partial charge in [0.2, 0.25) is 0 Å². The van der Waals surface area contributed by atoms with Crippen molar-refractivity contribution in [2.24, 2.45) is 5.41 Å². The number of H-pyrrole nitrogens is 1. The molecule has 0 fully saturated rings. The molecule has 0 saturated heterocycles. The molecule has 0 saturated carbocycles. The Labute approximate surface area is 131 Å². The van der Waals surface area contributed by atoms with Crippen molar-refractivity contribution in [1.82, 2.24) is 10.3 Å². The molecule has 0 bridgehead atoms. The van der Waals surface area contributed by atoms with Gasteiger partial charge < -0.3 is 15.4 Å². The van der Waals surface area contributed by atoms with Gasteiger partial charge in [0.05, 0.1) is 10.0 Å². The first-order chi connectivity index (χ1) is 9.60. The highest BCUT2D eigenvalue weighted by Gasteiger charge is 2.23. The highest BCUT2D eigenvalue weighted by atomic mass is 79.9. The van der Waals surface area contributed by atoms with E-state index in [0.29, 0.717) is 12.8 Å². The monoisotopic (exact) mass is 358 g/mol. The van der Waals surface area contributed by atoms with Gasteiger partial charge in [0.15, 0.2) is 0 Å². The Morgan fingerprint density at radius 3 is 2.52 bits per heavy atom. The summed E-state index contributed by atoms with van der Waals surface area (Å²) in [5, 5.41) is 11.7. The van der Waals surface area contributed by atoms with E-state index in [1.165, 1.54) is 12.3 Å². The number of aromatic nitrogens is 1. The molecule has 3 N–H and O–H groups in total. The van der Waals surface area contributed by atoms with Crippen molar-refractivity contribution in [2.45, 2.75) is 39.7 Å². The molecule has 0 spiro atoms. The lowest BCUT2D eigenvalue weighted by atomic mass is 9.88. The van der Waals surface area contributed by atoms with E-state index >= 15 is 0 Å². The van der Waals surface area contributed by atoms with E-state index in [1.807, 2.05) is 20.8 Å². The maximum absolute atomic E-state index is 12.0. The molecular weight excluding hydrogens is 340 g/mol. The Bertz CT molecular complexity index is 589. The van der Waals surface area contributed by atoms with Crippen molar-refractivity contribution in [1.29, 1.82) is 0 Å². The average Bonchev–Trinajstić information content (AvgIpc) is 2.36. The highest BCUT2D eigenvalue weighted by molar-refractivity contribution is 9.10. The van der Waals surface area contributed by atoms with Gasteiger partial charge in [-0.2, -0.15) is 0 Å². The molecule has 1 amide bonds. The molecule has 6 nitrogen and oxygen atoms in total. The zero-order chi connectivity index (χ0) is 16.2. The summed E-state index contributed by atoms with van der Waals surface area (Å²) in [4.78, 5) is 36.9. The number of carboxylic acid groups (broad SMARTS) is 1. The minimum atomic E-state index is -1.07. The number of nitrogens with one attached hydrogen (secondary N) is 2. The Balaban J connectivity index is 2.79. The van der Waals surface area contributed by atoms with Crippen LogP contribution in [0.3, 0.4) is 0 Å². The van der Waals surface area contributed by atoms with Gasteiger partial charge in [-0.05, 0) is 40.3 Å². The van der Waals surface area contributed by atoms with Gasteiger partial charge >= 0.3 is 5.97 Å². The third-order valence-electron chi connectivity index (χ3n) is 2.91. The summed E-state index contributed by atoms with van der Waals surface area (Å²) in [7, 11) is 0. The molecule has 1 rings (SSSR count). The number of aliphatic carboxylic acids is 1. The van der Waals surface area contributed by atoms with Crippen molar-refractivity contribution >= 4 is 27.8 Å². The number of aromatic amines is 1. The third kappa shape index (κ3) is 5.71. The van der Waals surface area contributed by atoms with E-state index in [4.69, 9.17) is 0 Å². The molecule has 1 heterocycles. The van der Waals surface area contributed by atoms with Gasteiger partial charge in [-0.15, -0.1) is 0 Å². The Kier molecular flexibility index (Phi) is 5.71. The Morgan fingerprint density at radius 2 is 2.05 bits per heavy atom. The number of hydrogen-bond donors (Lipinski definition) is 3. The Morgan fingerprint density at radius 1 is 1.43 bits per heavy atom. The molecule has 1 unspecified atom stereocenters. The van der Waals surface area contributed by atoms with Crippen molar-refractivity contribution in [3.8, 4) is 0 Å². The van der Waals surface area contributed by atoms with Crippen molar-refractivity contribution in [3.63, 3.8) is 0 Å². The van der Waals surface area contributed by atoms with Crippen molar-refractivity contribution in [2.75, 3.05) is 0 Å².